The first-order chi connectivity index (χ1) is 9.76. The molecule has 1 amide bonds. The molecule has 5 nitrogen and oxygen atoms in total. The van der Waals surface area contributed by atoms with E-state index in [1.54, 1.807) is 11.0 Å². The first-order valence-corrected chi connectivity index (χ1v) is 9.10. The molecular weight excluding hydrogens is 312 g/mol. The Morgan fingerprint density at radius 3 is 2.76 bits per heavy atom. The standard InChI is InChI=1S/C14H19ClN2O3S/c1-10-4-3-7-17(9-10)14(18)12-8-11(15)5-6-13(12)16-21(2,19)20/h5-6,8,10,16H,3-4,7,9H2,1-2H3/t10-/m0/s1. The van der Waals surface area contributed by atoms with E-state index in [2.05, 4.69) is 11.6 Å². The molecule has 0 bridgehead atoms. The number of nitrogens with zero attached hydrogens (tertiary/aromatic N) is 1. The van der Waals surface area contributed by atoms with E-state index in [4.69, 9.17) is 11.6 Å². The maximum Gasteiger partial charge on any atom is 0.256 e. The van der Waals surface area contributed by atoms with E-state index in [-0.39, 0.29) is 11.6 Å². The second-order valence-corrected chi connectivity index (χ2v) is 7.75. The molecule has 1 aliphatic heterocycles. The van der Waals surface area contributed by atoms with Gasteiger partial charge in [-0.2, -0.15) is 0 Å². The van der Waals surface area contributed by atoms with Gasteiger partial charge in [0.25, 0.3) is 5.91 Å². The van der Waals surface area contributed by atoms with Crippen molar-refractivity contribution in [3.8, 4) is 0 Å². The summed E-state index contributed by atoms with van der Waals surface area (Å²) >= 11 is 5.95. The van der Waals surface area contributed by atoms with Crippen molar-refractivity contribution >= 4 is 33.2 Å². The molecule has 2 rings (SSSR count). The topological polar surface area (TPSA) is 66.5 Å². The number of hydrogen-bond donors (Lipinski definition) is 1. The Morgan fingerprint density at radius 1 is 1.43 bits per heavy atom. The fourth-order valence-corrected chi connectivity index (χ4v) is 3.28. The smallest absolute Gasteiger partial charge is 0.256 e. The van der Waals surface area contributed by atoms with Crippen LogP contribution < -0.4 is 4.72 Å². The summed E-state index contributed by atoms with van der Waals surface area (Å²) < 4.78 is 25.2. The van der Waals surface area contributed by atoms with Crippen LogP contribution >= 0.6 is 11.6 Å². The van der Waals surface area contributed by atoms with Crippen LogP contribution in [0.15, 0.2) is 18.2 Å². The van der Waals surface area contributed by atoms with Crippen LogP contribution in [0.4, 0.5) is 5.69 Å². The van der Waals surface area contributed by atoms with Crippen LogP contribution in [0.2, 0.25) is 5.02 Å². The highest BCUT2D eigenvalue weighted by atomic mass is 35.5. The van der Waals surface area contributed by atoms with E-state index < -0.39 is 10.0 Å². The van der Waals surface area contributed by atoms with Crippen molar-refractivity contribution in [3.63, 3.8) is 0 Å². The van der Waals surface area contributed by atoms with Gasteiger partial charge >= 0.3 is 0 Å². The Balaban J connectivity index is 2.32. The van der Waals surface area contributed by atoms with Crippen LogP contribution in [0.3, 0.4) is 0 Å². The molecule has 0 spiro atoms. The molecule has 0 radical (unpaired) electrons. The lowest BCUT2D eigenvalue weighted by atomic mass is 9.99. The molecule has 116 valence electrons. The van der Waals surface area contributed by atoms with Crippen molar-refractivity contribution in [2.75, 3.05) is 24.1 Å². The van der Waals surface area contributed by atoms with Gasteiger partial charge in [-0.15, -0.1) is 0 Å². The van der Waals surface area contributed by atoms with Gasteiger partial charge in [-0.3, -0.25) is 9.52 Å². The number of rotatable bonds is 3. The minimum absolute atomic E-state index is 0.185. The summed E-state index contributed by atoms with van der Waals surface area (Å²) in [7, 11) is -3.45. The number of benzene rings is 1. The highest BCUT2D eigenvalue weighted by molar-refractivity contribution is 7.92. The number of nitrogens with one attached hydrogen (secondary N) is 1. The number of anilines is 1. The van der Waals surface area contributed by atoms with Gasteiger partial charge in [-0.25, -0.2) is 8.42 Å². The molecule has 0 aliphatic carbocycles. The third-order valence-electron chi connectivity index (χ3n) is 3.45. The second-order valence-electron chi connectivity index (χ2n) is 5.56. The zero-order valence-electron chi connectivity index (χ0n) is 12.1. The summed E-state index contributed by atoms with van der Waals surface area (Å²) in [5.74, 6) is 0.267. The minimum Gasteiger partial charge on any atom is -0.338 e. The highest BCUT2D eigenvalue weighted by Crippen LogP contribution is 2.25. The second kappa shape index (κ2) is 6.23. The van der Waals surface area contributed by atoms with Crippen molar-refractivity contribution in [1.82, 2.24) is 4.90 Å². The lowest BCUT2D eigenvalue weighted by Gasteiger charge is -2.31. The van der Waals surface area contributed by atoms with Gasteiger partial charge in [0.2, 0.25) is 10.0 Å². The van der Waals surface area contributed by atoms with Crippen molar-refractivity contribution in [3.05, 3.63) is 28.8 Å². The lowest BCUT2D eigenvalue weighted by Crippen LogP contribution is -2.39. The summed E-state index contributed by atoms with van der Waals surface area (Å²) in [6.07, 6.45) is 3.12. The molecule has 0 aromatic heterocycles. The number of amides is 1. The Hall–Kier alpha value is -1.27. The summed E-state index contributed by atoms with van der Waals surface area (Å²) in [6, 6.07) is 4.59. The molecule has 1 saturated heterocycles. The van der Waals surface area contributed by atoms with E-state index in [1.807, 2.05) is 0 Å². The molecule has 1 aromatic carbocycles. The van der Waals surface area contributed by atoms with Gasteiger partial charge in [0.15, 0.2) is 0 Å². The Kier molecular flexibility index (Phi) is 4.78. The molecule has 1 fully saturated rings. The van der Waals surface area contributed by atoms with Crippen LogP contribution in [-0.4, -0.2) is 38.6 Å². The van der Waals surface area contributed by atoms with Crippen molar-refractivity contribution in [2.24, 2.45) is 5.92 Å². The molecule has 1 N–H and O–H groups in total. The summed E-state index contributed by atoms with van der Waals surface area (Å²) in [5, 5.41) is 0.405. The summed E-state index contributed by atoms with van der Waals surface area (Å²) in [5.41, 5.74) is 0.562. The Bertz CT molecular complexity index is 646. The van der Waals surface area contributed by atoms with E-state index >= 15 is 0 Å². The van der Waals surface area contributed by atoms with Gasteiger partial charge < -0.3 is 4.90 Å². The molecule has 21 heavy (non-hydrogen) atoms. The monoisotopic (exact) mass is 330 g/mol. The molecule has 1 atom stereocenters. The van der Waals surface area contributed by atoms with Crippen LogP contribution in [0.25, 0.3) is 0 Å². The van der Waals surface area contributed by atoms with Gasteiger partial charge in [-0.1, -0.05) is 18.5 Å². The third-order valence-corrected chi connectivity index (χ3v) is 4.28. The summed E-state index contributed by atoms with van der Waals surface area (Å²) in [6.45, 7) is 3.48. The van der Waals surface area contributed by atoms with Crippen LogP contribution in [-0.2, 0) is 10.0 Å². The number of carbonyl (C=O) groups is 1. The molecule has 0 saturated carbocycles. The van der Waals surface area contributed by atoms with E-state index in [1.165, 1.54) is 12.1 Å². The van der Waals surface area contributed by atoms with Crippen LogP contribution in [0.5, 0.6) is 0 Å². The van der Waals surface area contributed by atoms with E-state index in [9.17, 15) is 13.2 Å². The number of hydrogen-bond acceptors (Lipinski definition) is 3. The predicted molar refractivity (Wildman–Crippen MR) is 84.2 cm³/mol. The maximum absolute atomic E-state index is 12.6. The zero-order chi connectivity index (χ0) is 15.6. The van der Waals surface area contributed by atoms with Crippen molar-refractivity contribution in [1.29, 1.82) is 0 Å². The maximum atomic E-state index is 12.6. The fourth-order valence-electron chi connectivity index (χ4n) is 2.53. The average Bonchev–Trinajstić information content (AvgIpc) is 2.38. The number of sulfonamides is 1. The van der Waals surface area contributed by atoms with E-state index in [0.29, 0.717) is 29.6 Å². The first-order valence-electron chi connectivity index (χ1n) is 6.83. The lowest BCUT2D eigenvalue weighted by molar-refractivity contribution is 0.0684. The Morgan fingerprint density at radius 2 is 2.14 bits per heavy atom. The molecular formula is C14H19ClN2O3S. The third kappa shape index (κ3) is 4.35. The van der Waals surface area contributed by atoms with Crippen molar-refractivity contribution < 1.29 is 13.2 Å². The number of carbonyl (C=O) groups excluding carboxylic acids is 1. The molecule has 1 aliphatic rings. The zero-order valence-corrected chi connectivity index (χ0v) is 13.7. The molecule has 7 heteroatoms. The van der Waals surface area contributed by atoms with Gasteiger partial charge in [-0.05, 0) is 37.0 Å². The Labute approximate surface area is 130 Å². The van der Waals surface area contributed by atoms with Crippen LogP contribution in [0.1, 0.15) is 30.1 Å². The predicted octanol–water partition coefficient (Wildman–Crippen LogP) is 2.58. The number of piperidine rings is 1. The number of halogens is 1. The quantitative estimate of drug-likeness (QED) is 0.926. The van der Waals surface area contributed by atoms with Gasteiger partial charge in [0.1, 0.15) is 0 Å². The van der Waals surface area contributed by atoms with Gasteiger partial charge in [0, 0.05) is 18.1 Å². The molecule has 1 aromatic rings. The average molecular weight is 331 g/mol. The number of likely N-dealkylation sites (tertiary alicyclic amines) is 1. The minimum atomic E-state index is -3.45. The molecule has 1 heterocycles. The highest BCUT2D eigenvalue weighted by Gasteiger charge is 2.24. The largest absolute Gasteiger partial charge is 0.338 e. The SMILES string of the molecule is C[C@H]1CCCN(C(=O)c2cc(Cl)ccc2NS(C)(=O)=O)C1. The molecule has 0 unspecified atom stereocenters. The van der Waals surface area contributed by atoms with Crippen LogP contribution in [0, 0.1) is 5.92 Å². The first kappa shape index (κ1) is 16.1. The van der Waals surface area contributed by atoms with Gasteiger partial charge in [0.05, 0.1) is 17.5 Å². The fraction of sp³-hybridized carbons (Fsp3) is 0.500. The van der Waals surface area contributed by atoms with E-state index in [0.717, 1.165) is 19.1 Å². The normalized spacial score (nSPS) is 19.4. The summed E-state index contributed by atoms with van der Waals surface area (Å²) in [4.78, 5) is 14.4. The van der Waals surface area contributed by atoms with Crippen molar-refractivity contribution in [2.45, 2.75) is 19.8 Å².